The predicted molar refractivity (Wildman–Crippen MR) is 99.3 cm³/mol. The largest absolute Gasteiger partial charge is 0.383 e. The number of amides is 2. The molecule has 0 saturated carbocycles. The van der Waals surface area contributed by atoms with E-state index in [1.165, 1.54) is 0 Å². The molecular weight excluding hydrogens is 348 g/mol. The number of carbonyl (C=O) groups is 2. The molecule has 1 aromatic heterocycles. The van der Waals surface area contributed by atoms with Gasteiger partial charge in [0.25, 0.3) is 0 Å². The van der Waals surface area contributed by atoms with Crippen molar-refractivity contribution in [3.63, 3.8) is 0 Å². The zero-order valence-electron chi connectivity index (χ0n) is 16.3. The van der Waals surface area contributed by atoms with E-state index < -0.39 is 0 Å². The number of H-pyrrole nitrogens is 1. The predicted octanol–water partition coefficient (Wildman–Crippen LogP) is 0.415. The van der Waals surface area contributed by atoms with Crippen molar-refractivity contribution < 1.29 is 14.3 Å². The van der Waals surface area contributed by atoms with Crippen molar-refractivity contribution in [2.45, 2.75) is 45.6 Å². The first-order valence-electron chi connectivity index (χ1n) is 9.54. The van der Waals surface area contributed by atoms with Crippen LogP contribution in [0.25, 0.3) is 0 Å². The maximum atomic E-state index is 12.8. The number of rotatable bonds is 6. The number of ether oxygens (including phenoxy) is 1. The van der Waals surface area contributed by atoms with Crippen LogP contribution in [-0.4, -0.2) is 71.0 Å². The van der Waals surface area contributed by atoms with Gasteiger partial charge in [-0.1, -0.05) is 0 Å². The Balaban J connectivity index is 1.66. The number of aromatic amines is 1. The van der Waals surface area contributed by atoms with Crippen molar-refractivity contribution in [3.05, 3.63) is 27.4 Å². The number of piperidine rings is 1. The highest BCUT2D eigenvalue weighted by molar-refractivity contribution is 5.83. The van der Waals surface area contributed by atoms with E-state index in [-0.39, 0.29) is 29.5 Å². The van der Waals surface area contributed by atoms with E-state index in [0.29, 0.717) is 44.8 Å². The van der Waals surface area contributed by atoms with E-state index >= 15 is 0 Å². The van der Waals surface area contributed by atoms with Crippen LogP contribution < -0.4 is 5.69 Å². The van der Waals surface area contributed by atoms with Crippen LogP contribution in [0, 0.1) is 19.8 Å². The lowest BCUT2D eigenvalue weighted by Gasteiger charge is -2.35. The third kappa shape index (κ3) is 4.21. The van der Waals surface area contributed by atoms with Crippen molar-refractivity contribution in [2.75, 3.05) is 33.4 Å². The highest BCUT2D eigenvalue weighted by Crippen LogP contribution is 2.29. The minimum atomic E-state index is -0.362. The lowest BCUT2D eigenvalue weighted by Crippen LogP contribution is -2.49. The number of nitrogens with zero attached hydrogens (tertiary/aromatic N) is 3. The first kappa shape index (κ1) is 19.5. The zero-order valence-corrected chi connectivity index (χ0v) is 16.3. The second-order valence-corrected chi connectivity index (χ2v) is 7.48. The summed E-state index contributed by atoms with van der Waals surface area (Å²) in [5, 5.41) is 0. The van der Waals surface area contributed by atoms with Crippen LogP contribution >= 0.6 is 0 Å². The standard InChI is InChI=1S/C19H28N4O4/c1-12-16(13(2)21-19(26)20-12)6-7-17(24)22-10-14-4-5-15(11-22)23(18(14)25)8-9-27-3/h14-15H,4-11H2,1-3H3,(H,20,21,26)/t14-,15+/m1/s1. The molecule has 4 rings (SSSR count). The summed E-state index contributed by atoms with van der Waals surface area (Å²) in [6.07, 6.45) is 2.67. The topological polar surface area (TPSA) is 95.6 Å². The molecule has 2 atom stereocenters. The average Bonchev–Trinajstić information content (AvgIpc) is 2.90. The zero-order chi connectivity index (χ0) is 19.6. The van der Waals surface area contributed by atoms with Gasteiger partial charge in [0.05, 0.1) is 12.5 Å². The number of nitrogens with one attached hydrogen (secondary N) is 1. The van der Waals surface area contributed by atoms with Gasteiger partial charge >= 0.3 is 5.69 Å². The third-order valence-electron chi connectivity index (χ3n) is 5.72. The highest BCUT2D eigenvalue weighted by atomic mass is 16.5. The Morgan fingerprint density at radius 2 is 2.04 bits per heavy atom. The summed E-state index contributed by atoms with van der Waals surface area (Å²) in [6.45, 7) is 5.81. The van der Waals surface area contributed by atoms with Crippen LogP contribution in [0.3, 0.4) is 0 Å². The number of carbonyl (C=O) groups excluding carboxylic acids is 2. The number of aryl methyl sites for hydroxylation is 2. The molecule has 3 aliphatic heterocycles. The van der Waals surface area contributed by atoms with Gasteiger partial charge in [0, 0.05) is 50.6 Å². The van der Waals surface area contributed by atoms with E-state index in [4.69, 9.17) is 4.74 Å². The SMILES string of the molecule is COCCN1C(=O)[C@@H]2CC[C@H]1CN(C(=O)CCc1c(C)nc(=O)[nH]c1C)C2. The molecule has 4 heterocycles. The molecule has 0 aromatic carbocycles. The van der Waals surface area contributed by atoms with E-state index in [0.717, 1.165) is 24.1 Å². The van der Waals surface area contributed by atoms with Crippen molar-refractivity contribution in [1.82, 2.24) is 19.8 Å². The Morgan fingerprint density at radius 3 is 2.74 bits per heavy atom. The van der Waals surface area contributed by atoms with Crippen molar-refractivity contribution >= 4 is 11.8 Å². The molecule has 2 bridgehead atoms. The molecule has 148 valence electrons. The maximum absolute atomic E-state index is 12.8. The number of hydrogen-bond donors (Lipinski definition) is 1. The van der Waals surface area contributed by atoms with Crippen molar-refractivity contribution in [3.8, 4) is 0 Å². The lowest BCUT2D eigenvalue weighted by molar-refractivity contribution is -0.140. The molecule has 0 radical (unpaired) electrons. The number of fused-ring (bicyclic) bond motifs is 4. The second kappa shape index (κ2) is 8.21. The molecule has 1 aromatic rings. The Bertz CT molecular complexity index is 749. The minimum absolute atomic E-state index is 0.0540. The van der Waals surface area contributed by atoms with Crippen molar-refractivity contribution in [2.24, 2.45) is 5.92 Å². The molecule has 8 heteroatoms. The summed E-state index contributed by atoms with van der Waals surface area (Å²) in [5.41, 5.74) is 1.98. The highest BCUT2D eigenvalue weighted by Gasteiger charge is 2.41. The number of aromatic nitrogens is 2. The van der Waals surface area contributed by atoms with Crippen LogP contribution in [-0.2, 0) is 20.7 Å². The van der Waals surface area contributed by atoms with Gasteiger partial charge < -0.3 is 19.5 Å². The summed E-state index contributed by atoms with van der Waals surface area (Å²) in [6, 6.07) is 0.0774. The van der Waals surface area contributed by atoms with Gasteiger partial charge in [0.15, 0.2) is 0 Å². The molecule has 0 aliphatic carbocycles. The quantitative estimate of drug-likeness (QED) is 0.776. The number of methoxy groups -OCH3 is 1. The Kier molecular flexibility index (Phi) is 5.94. The van der Waals surface area contributed by atoms with Crippen LogP contribution in [0.5, 0.6) is 0 Å². The first-order chi connectivity index (χ1) is 12.9. The molecule has 3 aliphatic rings. The lowest BCUT2D eigenvalue weighted by atomic mass is 9.94. The van der Waals surface area contributed by atoms with Crippen LogP contribution in [0.15, 0.2) is 4.79 Å². The monoisotopic (exact) mass is 376 g/mol. The van der Waals surface area contributed by atoms with Gasteiger partial charge in [-0.2, -0.15) is 4.98 Å². The van der Waals surface area contributed by atoms with E-state index in [1.807, 2.05) is 16.7 Å². The minimum Gasteiger partial charge on any atom is -0.383 e. The first-order valence-corrected chi connectivity index (χ1v) is 9.54. The van der Waals surface area contributed by atoms with Crippen LogP contribution in [0.4, 0.5) is 0 Å². The summed E-state index contributed by atoms with van der Waals surface area (Å²) in [5.74, 6) is 0.0937. The van der Waals surface area contributed by atoms with Gasteiger partial charge in [-0.15, -0.1) is 0 Å². The van der Waals surface area contributed by atoms with E-state index in [2.05, 4.69) is 9.97 Å². The number of hydrogen-bond acceptors (Lipinski definition) is 5. The molecular formula is C19H28N4O4. The van der Waals surface area contributed by atoms with E-state index in [9.17, 15) is 14.4 Å². The van der Waals surface area contributed by atoms with Gasteiger partial charge in [-0.05, 0) is 38.7 Å². The smallest absolute Gasteiger partial charge is 0.345 e. The van der Waals surface area contributed by atoms with Gasteiger partial charge in [-0.3, -0.25) is 9.59 Å². The molecule has 0 unspecified atom stereocenters. The second-order valence-electron chi connectivity index (χ2n) is 7.48. The fourth-order valence-electron chi connectivity index (χ4n) is 4.24. The van der Waals surface area contributed by atoms with Gasteiger partial charge in [-0.25, -0.2) is 4.79 Å². The Labute approximate surface area is 158 Å². The normalized spacial score (nSPS) is 22.3. The van der Waals surface area contributed by atoms with Gasteiger partial charge in [0.2, 0.25) is 11.8 Å². The molecule has 1 N–H and O–H groups in total. The van der Waals surface area contributed by atoms with E-state index in [1.54, 1.807) is 14.0 Å². The molecule has 0 spiro atoms. The van der Waals surface area contributed by atoms with Gasteiger partial charge in [0.1, 0.15) is 0 Å². The van der Waals surface area contributed by atoms with Crippen LogP contribution in [0.1, 0.15) is 36.2 Å². The maximum Gasteiger partial charge on any atom is 0.345 e. The summed E-state index contributed by atoms with van der Waals surface area (Å²) < 4.78 is 5.13. The average molecular weight is 376 g/mol. The fraction of sp³-hybridized carbons (Fsp3) is 0.684. The molecule has 27 heavy (non-hydrogen) atoms. The Hall–Kier alpha value is -2.22. The van der Waals surface area contributed by atoms with Crippen molar-refractivity contribution in [1.29, 1.82) is 0 Å². The summed E-state index contributed by atoms with van der Waals surface area (Å²) in [7, 11) is 1.63. The fourth-order valence-corrected chi connectivity index (χ4v) is 4.24. The third-order valence-corrected chi connectivity index (χ3v) is 5.72. The summed E-state index contributed by atoms with van der Waals surface area (Å²) >= 11 is 0. The molecule has 3 fully saturated rings. The Morgan fingerprint density at radius 1 is 1.26 bits per heavy atom. The summed E-state index contributed by atoms with van der Waals surface area (Å²) in [4.78, 5) is 47.3. The molecule has 2 amide bonds. The van der Waals surface area contributed by atoms with Crippen LogP contribution in [0.2, 0.25) is 0 Å². The molecule has 3 saturated heterocycles. The molecule has 8 nitrogen and oxygen atoms in total.